The van der Waals surface area contributed by atoms with Crippen LogP contribution in [0, 0.1) is 0 Å². The van der Waals surface area contributed by atoms with Crippen molar-refractivity contribution >= 4 is 28.1 Å². The molecule has 110 valence electrons. The van der Waals surface area contributed by atoms with Crippen molar-refractivity contribution in [2.45, 2.75) is 12.8 Å². The number of thiazole rings is 1. The highest BCUT2D eigenvalue weighted by atomic mass is 32.1. The van der Waals surface area contributed by atoms with Gasteiger partial charge in [-0.25, -0.2) is 15.0 Å². The first kappa shape index (κ1) is 13.0. The van der Waals surface area contributed by atoms with Gasteiger partial charge < -0.3 is 16.2 Å². The van der Waals surface area contributed by atoms with Gasteiger partial charge in [0.2, 0.25) is 5.95 Å². The Kier molecular flexibility index (Phi) is 2.93. The molecule has 0 aliphatic heterocycles. The maximum atomic E-state index is 9.51. The van der Waals surface area contributed by atoms with Gasteiger partial charge >= 0.3 is 0 Å². The van der Waals surface area contributed by atoms with Crippen molar-refractivity contribution < 1.29 is 5.11 Å². The summed E-state index contributed by atoms with van der Waals surface area (Å²) in [5, 5.41) is 13.2. The van der Waals surface area contributed by atoms with E-state index < -0.39 is 0 Å². The number of benzene rings is 1. The molecule has 1 aliphatic carbocycles. The lowest BCUT2D eigenvalue weighted by Gasteiger charge is -2.15. The largest absolute Gasteiger partial charge is 0.508 e. The van der Waals surface area contributed by atoms with E-state index in [1.54, 1.807) is 18.2 Å². The van der Waals surface area contributed by atoms with Gasteiger partial charge in [-0.15, -0.1) is 0 Å². The monoisotopic (exact) mass is 311 g/mol. The number of nitrogen functional groups attached to an aromatic ring is 1. The SMILES string of the molecule is Nc1nc2c(s1)-c1nc(Nc3cccc(O)c3)ncc1CC2. The highest BCUT2D eigenvalue weighted by Crippen LogP contribution is 2.37. The number of aryl methyl sites for hydroxylation is 2. The van der Waals surface area contributed by atoms with Gasteiger partial charge in [-0.05, 0) is 30.5 Å². The highest BCUT2D eigenvalue weighted by molar-refractivity contribution is 7.18. The fraction of sp³-hybridized carbons (Fsp3) is 0.133. The number of hydrogen-bond acceptors (Lipinski definition) is 7. The minimum Gasteiger partial charge on any atom is -0.508 e. The maximum absolute atomic E-state index is 9.51. The van der Waals surface area contributed by atoms with E-state index >= 15 is 0 Å². The predicted octanol–water partition coefficient (Wildman–Crippen LogP) is 2.73. The highest BCUT2D eigenvalue weighted by Gasteiger charge is 2.22. The van der Waals surface area contributed by atoms with E-state index in [0.29, 0.717) is 11.1 Å². The number of fused-ring (bicyclic) bond motifs is 3. The topological polar surface area (TPSA) is 97.0 Å². The molecule has 0 radical (unpaired) electrons. The number of nitrogens with one attached hydrogen (secondary N) is 1. The third kappa shape index (κ3) is 2.25. The Morgan fingerprint density at radius 2 is 2.14 bits per heavy atom. The van der Waals surface area contributed by atoms with Gasteiger partial charge in [-0.1, -0.05) is 17.4 Å². The molecule has 1 aromatic carbocycles. The van der Waals surface area contributed by atoms with Crippen LogP contribution in [0.3, 0.4) is 0 Å². The van der Waals surface area contributed by atoms with Crippen LogP contribution in [0.25, 0.3) is 10.6 Å². The Morgan fingerprint density at radius 1 is 1.23 bits per heavy atom. The number of nitrogens with two attached hydrogens (primary N) is 1. The molecule has 2 heterocycles. The van der Waals surface area contributed by atoms with E-state index in [0.717, 1.165) is 40.4 Å². The zero-order valence-corrected chi connectivity index (χ0v) is 12.4. The summed E-state index contributed by atoms with van der Waals surface area (Å²) in [4.78, 5) is 14.3. The van der Waals surface area contributed by atoms with Crippen LogP contribution in [0.15, 0.2) is 30.5 Å². The first-order valence-electron chi connectivity index (χ1n) is 6.86. The molecule has 1 aliphatic rings. The van der Waals surface area contributed by atoms with Gasteiger partial charge in [-0.3, -0.25) is 0 Å². The third-order valence-electron chi connectivity index (χ3n) is 3.53. The van der Waals surface area contributed by atoms with Crippen molar-refractivity contribution in [3.05, 3.63) is 41.7 Å². The molecule has 4 N–H and O–H groups in total. The minimum atomic E-state index is 0.195. The molecule has 2 aromatic heterocycles. The predicted molar refractivity (Wildman–Crippen MR) is 86.3 cm³/mol. The van der Waals surface area contributed by atoms with Gasteiger partial charge in [0.1, 0.15) is 5.75 Å². The quantitative estimate of drug-likeness (QED) is 0.673. The summed E-state index contributed by atoms with van der Waals surface area (Å²) in [7, 11) is 0. The van der Waals surface area contributed by atoms with Gasteiger partial charge in [-0.2, -0.15) is 0 Å². The summed E-state index contributed by atoms with van der Waals surface area (Å²) in [5.74, 6) is 0.685. The van der Waals surface area contributed by atoms with Crippen LogP contribution in [0.2, 0.25) is 0 Å². The molecule has 0 fully saturated rings. The second-order valence-electron chi connectivity index (χ2n) is 5.07. The summed E-state index contributed by atoms with van der Waals surface area (Å²) in [6, 6.07) is 6.85. The van der Waals surface area contributed by atoms with Crippen LogP contribution in [0.5, 0.6) is 5.75 Å². The van der Waals surface area contributed by atoms with E-state index in [1.165, 1.54) is 11.3 Å². The lowest BCUT2D eigenvalue weighted by molar-refractivity contribution is 0.475. The lowest BCUT2D eigenvalue weighted by atomic mass is 10.00. The van der Waals surface area contributed by atoms with Crippen molar-refractivity contribution in [2.24, 2.45) is 0 Å². The molecule has 0 unspecified atom stereocenters. The van der Waals surface area contributed by atoms with Crippen LogP contribution >= 0.6 is 11.3 Å². The van der Waals surface area contributed by atoms with Crippen molar-refractivity contribution in [1.29, 1.82) is 0 Å². The summed E-state index contributed by atoms with van der Waals surface area (Å²) in [6.45, 7) is 0. The van der Waals surface area contributed by atoms with Crippen LogP contribution in [0.1, 0.15) is 11.3 Å². The summed E-state index contributed by atoms with van der Waals surface area (Å²) < 4.78 is 0. The molecule has 0 spiro atoms. The number of nitrogens with zero attached hydrogens (tertiary/aromatic N) is 3. The molecule has 7 heteroatoms. The second-order valence-corrected chi connectivity index (χ2v) is 6.10. The van der Waals surface area contributed by atoms with E-state index in [9.17, 15) is 5.11 Å². The fourth-order valence-corrected chi connectivity index (χ4v) is 3.44. The zero-order valence-electron chi connectivity index (χ0n) is 11.6. The number of phenolic OH excluding ortho intramolecular Hbond substituents is 1. The normalized spacial score (nSPS) is 12.5. The Hall–Kier alpha value is -2.67. The number of aromatic hydroxyl groups is 1. The molecule has 0 amide bonds. The van der Waals surface area contributed by atoms with Crippen LogP contribution in [0.4, 0.5) is 16.8 Å². The molecule has 0 atom stereocenters. The molecule has 4 rings (SSSR count). The Balaban J connectivity index is 1.72. The number of hydrogen-bond donors (Lipinski definition) is 3. The Labute approximate surface area is 130 Å². The van der Waals surface area contributed by atoms with Crippen molar-refractivity contribution in [2.75, 3.05) is 11.1 Å². The summed E-state index contributed by atoms with van der Waals surface area (Å²) >= 11 is 1.46. The molecule has 22 heavy (non-hydrogen) atoms. The molecule has 0 saturated heterocycles. The van der Waals surface area contributed by atoms with Crippen molar-refractivity contribution in [3.8, 4) is 16.3 Å². The van der Waals surface area contributed by atoms with Gasteiger partial charge in [0, 0.05) is 18.0 Å². The Morgan fingerprint density at radius 3 is 3.00 bits per heavy atom. The summed E-state index contributed by atoms with van der Waals surface area (Å²) in [6.07, 6.45) is 3.59. The fourth-order valence-electron chi connectivity index (χ4n) is 2.54. The van der Waals surface area contributed by atoms with Gasteiger partial charge in [0.15, 0.2) is 5.13 Å². The second kappa shape index (κ2) is 4.96. The Bertz CT molecular complexity index is 861. The van der Waals surface area contributed by atoms with Crippen molar-refractivity contribution in [3.63, 3.8) is 0 Å². The average Bonchev–Trinajstić information content (AvgIpc) is 2.88. The van der Waals surface area contributed by atoms with Crippen LogP contribution in [-0.2, 0) is 12.8 Å². The van der Waals surface area contributed by atoms with Crippen LogP contribution < -0.4 is 11.1 Å². The lowest BCUT2D eigenvalue weighted by Crippen LogP contribution is -2.07. The zero-order chi connectivity index (χ0) is 15.1. The number of phenols is 1. The molecule has 0 saturated carbocycles. The molecular formula is C15H13N5OS. The van der Waals surface area contributed by atoms with E-state index in [1.807, 2.05) is 12.3 Å². The first-order chi connectivity index (χ1) is 10.7. The number of rotatable bonds is 2. The molecular weight excluding hydrogens is 298 g/mol. The first-order valence-corrected chi connectivity index (χ1v) is 7.68. The number of aromatic nitrogens is 3. The average molecular weight is 311 g/mol. The van der Waals surface area contributed by atoms with Crippen LogP contribution in [-0.4, -0.2) is 20.1 Å². The van der Waals surface area contributed by atoms with Crippen molar-refractivity contribution in [1.82, 2.24) is 15.0 Å². The van der Waals surface area contributed by atoms with Gasteiger partial charge in [0.25, 0.3) is 0 Å². The van der Waals surface area contributed by atoms with E-state index in [-0.39, 0.29) is 5.75 Å². The third-order valence-corrected chi connectivity index (χ3v) is 4.46. The molecule has 3 aromatic rings. The van der Waals surface area contributed by atoms with E-state index in [4.69, 9.17) is 5.73 Å². The van der Waals surface area contributed by atoms with E-state index in [2.05, 4.69) is 20.3 Å². The molecule has 6 nitrogen and oxygen atoms in total. The summed E-state index contributed by atoms with van der Waals surface area (Å²) in [5.41, 5.74) is 9.57. The molecule has 0 bridgehead atoms. The minimum absolute atomic E-state index is 0.195. The number of anilines is 3. The van der Waals surface area contributed by atoms with Gasteiger partial charge in [0.05, 0.1) is 16.3 Å². The standard InChI is InChI=1S/C15H13N5OS/c16-14-19-11-5-4-8-7-17-15(20-12(8)13(11)22-14)18-9-2-1-3-10(21)6-9/h1-3,6-7,21H,4-5H2,(H2,16,19)(H,17,18,20). The smallest absolute Gasteiger partial charge is 0.227 e. The maximum Gasteiger partial charge on any atom is 0.227 e.